The van der Waals surface area contributed by atoms with Crippen LogP contribution in [0.1, 0.15) is 10.4 Å². The first-order valence-electron chi connectivity index (χ1n) is 5.76. The fraction of sp³-hybridized carbons (Fsp3) is 0.231. The van der Waals surface area contributed by atoms with Crippen LogP contribution in [-0.2, 0) is 0 Å². The van der Waals surface area contributed by atoms with Gasteiger partial charge in [-0.3, -0.25) is 4.98 Å². The van der Waals surface area contributed by atoms with Gasteiger partial charge < -0.3 is 20.6 Å². The van der Waals surface area contributed by atoms with Gasteiger partial charge in [-0.15, -0.1) is 0 Å². The molecule has 0 aliphatic heterocycles. The van der Waals surface area contributed by atoms with Crippen LogP contribution in [0.5, 0.6) is 0 Å². The zero-order valence-electron chi connectivity index (χ0n) is 10.1. The number of hydrogen-bond donors (Lipinski definition) is 4. The summed E-state index contributed by atoms with van der Waals surface area (Å²) in [6.07, 6.45) is 0.433. The van der Waals surface area contributed by atoms with Crippen molar-refractivity contribution >= 4 is 22.6 Å². The van der Waals surface area contributed by atoms with E-state index in [1.54, 1.807) is 18.2 Å². The predicted molar refractivity (Wildman–Crippen MR) is 70.3 cm³/mol. The van der Waals surface area contributed by atoms with Crippen LogP contribution in [0.15, 0.2) is 30.5 Å². The third-order valence-corrected chi connectivity index (χ3v) is 2.71. The molecule has 0 aliphatic rings. The van der Waals surface area contributed by atoms with Gasteiger partial charge in [0.2, 0.25) is 0 Å². The van der Waals surface area contributed by atoms with Gasteiger partial charge in [-0.05, 0) is 18.2 Å². The average molecular weight is 262 g/mol. The minimum Gasteiger partial charge on any atom is -0.478 e. The van der Waals surface area contributed by atoms with Crippen molar-refractivity contribution in [1.29, 1.82) is 0 Å². The first-order valence-corrected chi connectivity index (χ1v) is 5.76. The van der Waals surface area contributed by atoms with Crippen molar-refractivity contribution in [2.45, 2.75) is 6.10 Å². The highest BCUT2D eigenvalue weighted by molar-refractivity contribution is 5.97. The largest absolute Gasteiger partial charge is 0.478 e. The second kappa shape index (κ2) is 5.64. The molecular weight excluding hydrogens is 248 g/mol. The van der Waals surface area contributed by atoms with E-state index in [0.717, 1.165) is 0 Å². The predicted octanol–water partition coefficient (Wildman–Crippen LogP) is 0.698. The molecule has 2 aromatic rings. The number of aromatic nitrogens is 1. The molecule has 1 atom stereocenters. The molecule has 2 rings (SSSR count). The molecule has 0 bridgehead atoms. The molecule has 0 saturated heterocycles. The fourth-order valence-corrected chi connectivity index (χ4v) is 1.71. The van der Waals surface area contributed by atoms with Gasteiger partial charge in [0.1, 0.15) is 0 Å². The van der Waals surface area contributed by atoms with Gasteiger partial charge in [-0.1, -0.05) is 6.07 Å². The third-order valence-electron chi connectivity index (χ3n) is 2.71. The first-order chi connectivity index (χ1) is 9.11. The summed E-state index contributed by atoms with van der Waals surface area (Å²) in [6, 6.07) is 6.84. The molecule has 0 radical (unpaired) electrons. The zero-order chi connectivity index (χ0) is 13.8. The molecular formula is C13H14N2O4. The Morgan fingerprint density at radius 1 is 1.42 bits per heavy atom. The number of carboxylic acid groups (broad SMARTS) is 1. The molecule has 0 saturated carbocycles. The van der Waals surface area contributed by atoms with Crippen LogP contribution in [0.25, 0.3) is 10.9 Å². The van der Waals surface area contributed by atoms with E-state index in [4.69, 9.17) is 10.2 Å². The van der Waals surface area contributed by atoms with E-state index in [2.05, 4.69) is 10.3 Å². The SMILES string of the molecule is O=C(O)c1cnc2cccc(NCC(O)CO)c2c1. The molecule has 0 fully saturated rings. The standard InChI is InChI=1S/C13H14N2O4/c16-7-9(17)6-15-12-3-1-2-11-10(12)4-8(5-14-11)13(18)19/h1-5,9,15-17H,6-7H2,(H,18,19). The van der Waals surface area contributed by atoms with Gasteiger partial charge >= 0.3 is 5.97 Å². The summed E-state index contributed by atoms with van der Waals surface area (Å²) >= 11 is 0. The normalized spacial score (nSPS) is 12.3. The fourth-order valence-electron chi connectivity index (χ4n) is 1.71. The quantitative estimate of drug-likeness (QED) is 0.632. The number of carbonyl (C=O) groups is 1. The van der Waals surface area contributed by atoms with Crippen LogP contribution >= 0.6 is 0 Å². The molecule has 6 heteroatoms. The van der Waals surface area contributed by atoms with Crippen LogP contribution in [0.4, 0.5) is 5.69 Å². The lowest BCUT2D eigenvalue weighted by molar-refractivity contribution is 0.0696. The topological polar surface area (TPSA) is 103 Å². The molecule has 19 heavy (non-hydrogen) atoms. The number of pyridine rings is 1. The molecule has 1 unspecified atom stereocenters. The van der Waals surface area contributed by atoms with Crippen molar-refractivity contribution in [2.75, 3.05) is 18.5 Å². The Bertz CT molecular complexity index is 600. The molecule has 0 spiro atoms. The van der Waals surface area contributed by atoms with Crippen molar-refractivity contribution in [2.24, 2.45) is 0 Å². The first kappa shape index (κ1) is 13.3. The summed E-state index contributed by atoms with van der Waals surface area (Å²) in [5.74, 6) is -1.04. The highest BCUT2D eigenvalue weighted by atomic mass is 16.4. The number of hydrogen-bond acceptors (Lipinski definition) is 5. The van der Waals surface area contributed by atoms with E-state index >= 15 is 0 Å². The molecule has 1 heterocycles. The Hall–Kier alpha value is -2.18. The summed E-state index contributed by atoms with van der Waals surface area (Å²) in [4.78, 5) is 15.0. The monoisotopic (exact) mass is 262 g/mol. The average Bonchev–Trinajstić information content (AvgIpc) is 2.43. The van der Waals surface area contributed by atoms with E-state index in [1.807, 2.05) is 0 Å². The molecule has 100 valence electrons. The number of carboxylic acids is 1. The van der Waals surface area contributed by atoms with Gasteiger partial charge in [-0.25, -0.2) is 4.79 Å². The lowest BCUT2D eigenvalue weighted by atomic mass is 10.1. The van der Waals surface area contributed by atoms with Crippen LogP contribution < -0.4 is 5.32 Å². The van der Waals surface area contributed by atoms with E-state index in [1.165, 1.54) is 12.3 Å². The van der Waals surface area contributed by atoms with Gasteiger partial charge in [0.05, 0.1) is 23.8 Å². The van der Waals surface area contributed by atoms with Crippen molar-refractivity contribution in [3.8, 4) is 0 Å². The Balaban J connectivity index is 2.37. The molecule has 1 aromatic carbocycles. The van der Waals surface area contributed by atoms with Gasteiger partial charge in [0, 0.05) is 23.8 Å². The van der Waals surface area contributed by atoms with Crippen molar-refractivity contribution < 1.29 is 20.1 Å². The number of aromatic carboxylic acids is 1. The summed E-state index contributed by atoms with van der Waals surface area (Å²) in [6.45, 7) is -0.163. The number of aliphatic hydroxyl groups is 2. The molecule has 0 amide bonds. The summed E-state index contributed by atoms with van der Waals surface area (Å²) in [5.41, 5.74) is 1.43. The van der Waals surface area contributed by atoms with E-state index in [9.17, 15) is 9.90 Å². The minimum absolute atomic E-state index is 0.101. The van der Waals surface area contributed by atoms with E-state index in [0.29, 0.717) is 16.6 Å². The maximum Gasteiger partial charge on any atom is 0.337 e. The maximum absolute atomic E-state index is 10.9. The van der Waals surface area contributed by atoms with Crippen molar-refractivity contribution in [1.82, 2.24) is 4.98 Å². The van der Waals surface area contributed by atoms with E-state index < -0.39 is 12.1 Å². The number of aliphatic hydroxyl groups excluding tert-OH is 2. The number of benzene rings is 1. The summed E-state index contributed by atoms with van der Waals surface area (Å²) < 4.78 is 0. The summed E-state index contributed by atoms with van der Waals surface area (Å²) in [7, 11) is 0. The van der Waals surface area contributed by atoms with Crippen LogP contribution in [0.3, 0.4) is 0 Å². The zero-order valence-corrected chi connectivity index (χ0v) is 10.1. The van der Waals surface area contributed by atoms with Gasteiger partial charge in [-0.2, -0.15) is 0 Å². The van der Waals surface area contributed by atoms with E-state index in [-0.39, 0.29) is 18.7 Å². The lowest BCUT2D eigenvalue weighted by Crippen LogP contribution is -2.23. The second-order valence-electron chi connectivity index (χ2n) is 4.12. The smallest absolute Gasteiger partial charge is 0.337 e. The number of nitrogens with one attached hydrogen (secondary N) is 1. The molecule has 6 nitrogen and oxygen atoms in total. The number of rotatable bonds is 5. The van der Waals surface area contributed by atoms with Crippen molar-refractivity contribution in [3.63, 3.8) is 0 Å². The highest BCUT2D eigenvalue weighted by Gasteiger charge is 2.08. The summed E-state index contributed by atoms with van der Waals surface area (Å²) in [5, 5.41) is 30.7. The van der Waals surface area contributed by atoms with Gasteiger partial charge in [0.25, 0.3) is 0 Å². The Morgan fingerprint density at radius 2 is 2.21 bits per heavy atom. The Kier molecular flexibility index (Phi) is 3.94. The molecule has 1 aromatic heterocycles. The highest BCUT2D eigenvalue weighted by Crippen LogP contribution is 2.22. The van der Waals surface area contributed by atoms with Crippen LogP contribution in [0, 0.1) is 0 Å². The lowest BCUT2D eigenvalue weighted by Gasteiger charge is -2.12. The number of fused-ring (bicyclic) bond motifs is 1. The molecule has 0 aliphatic carbocycles. The van der Waals surface area contributed by atoms with Gasteiger partial charge in [0.15, 0.2) is 0 Å². The number of nitrogens with zero attached hydrogens (tertiary/aromatic N) is 1. The van der Waals surface area contributed by atoms with Crippen LogP contribution in [0.2, 0.25) is 0 Å². The Morgan fingerprint density at radius 3 is 2.89 bits per heavy atom. The maximum atomic E-state index is 10.9. The molecule has 4 N–H and O–H groups in total. The minimum atomic E-state index is -1.04. The Labute approximate surface area is 109 Å². The van der Waals surface area contributed by atoms with Crippen molar-refractivity contribution in [3.05, 3.63) is 36.0 Å². The number of anilines is 1. The second-order valence-corrected chi connectivity index (χ2v) is 4.12. The van der Waals surface area contributed by atoms with Crippen LogP contribution in [-0.4, -0.2) is 45.5 Å². The third kappa shape index (κ3) is 2.98.